The number of ether oxygens (including phenoxy) is 1. The van der Waals surface area contributed by atoms with Crippen molar-refractivity contribution in [3.05, 3.63) is 72.9 Å². The first-order valence-corrected chi connectivity index (χ1v) is 8.43. The number of amides is 1. The van der Waals surface area contributed by atoms with Gasteiger partial charge in [0, 0.05) is 23.6 Å². The molecule has 2 aromatic heterocycles. The van der Waals surface area contributed by atoms with Crippen molar-refractivity contribution in [2.75, 3.05) is 23.1 Å². The number of pyridine rings is 1. The summed E-state index contributed by atoms with van der Waals surface area (Å²) in [6, 6.07) is 10.5. The molecule has 0 bridgehead atoms. The molecule has 29 heavy (non-hydrogen) atoms. The highest BCUT2D eigenvalue weighted by Gasteiger charge is 2.09. The second-order valence-corrected chi connectivity index (χ2v) is 5.65. The summed E-state index contributed by atoms with van der Waals surface area (Å²) < 4.78 is 5.03. The van der Waals surface area contributed by atoms with Crippen molar-refractivity contribution in [3.63, 3.8) is 0 Å². The molecule has 2 heterocycles. The van der Waals surface area contributed by atoms with Crippen LogP contribution in [-0.4, -0.2) is 28.0 Å². The van der Waals surface area contributed by atoms with Crippen LogP contribution in [0.15, 0.2) is 61.4 Å². The van der Waals surface area contributed by atoms with Crippen molar-refractivity contribution in [1.82, 2.24) is 15.0 Å². The predicted molar refractivity (Wildman–Crippen MR) is 111 cm³/mol. The van der Waals surface area contributed by atoms with E-state index in [1.165, 1.54) is 19.4 Å². The third-order valence-electron chi connectivity index (χ3n) is 3.67. The number of carbonyl (C=O) groups excluding carboxylic acids is 1. The summed E-state index contributed by atoms with van der Waals surface area (Å²) in [5, 5.41) is 8.79. The summed E-state index contributed by atoms with van der Waals surface area (Å²) in [5.74, 6) is 0.797. The molecule has 0 atom stereocenters. The number of carbonyl (C=O) groups is 1. The van der Waals surface area contributed by atoms with Crippen LogP contribution in [0.5, 0.6) is 5.88 Å². The van der Waals surface area contributed by atoms with E-state index in [0.29, 0.717) is 34.7 Å². The summed E-state index contributed by atoms with van der Waals surface area (Å²) in [5.41, 5.74) is 2.15. The molecule has 0 fully saturated rings. The van der Waals surface area contributed by atoms with Crippen molar-refractivity contribution in [1.29, 1.82) is 0 Å². The molecular weight excluding hydrogens is 370 g/mol. The van der Waals surface area contributed by atoms with E-state index in [9.17, 15) is 4.79 Å². The number of hydrogen-bond donors (Lipinski definition) is 3. The minimum Gasteiger partial charge on any atom is -0.481 e. The highest BCUT2D eigenvalue weighted by molar-refractivity contribution is 5.99. The molecule has 0 aliphatic carbocycles. The normalized spacial score (nSPS) is 9.79. The van der Waals surface area contributed by atoms with Crippen molar-refractivity contribution >= 4 is 40.4 Å². The average Bonchev–Trinajstić information content (AvgIpc) is 2.75. The lowest BCUT2D eigenvalue weighted by atomic mass is 10.2. The third-order valence-corrected chi connectivity index (χ3v) is 3.67. The van der Waals surface area contributed by atoms with Gasteiger partial charge >= 0.3 is 0 Å². The molecule has 0 saturated heterocycles. The Balaban J connectivity index is 1.82. The van der Waals surface area contributed by atoms with E-state index in [-0.39, 0.29) is 11.6 Å². The maximum absolute atomic E-state index is 11.5. The molecule has 9 heteroatoms. The molecule has 3 aromatic rings. The van der Waals surface area contributed by atoms with Crippen LogP contribution in [0.2, 0.25) is 0 Å². The third kappa shape index (κ3) is 5.05. The van der Waals surface area contributed by atoms with Crippen LogP contribution >= 0.6 is 0 Å². The molecule has 9 nitrogen and oxygen atoms in total. The molecular formula is C20H17N7O2. The SMILES string of the molecule is [C-]#[N+]c1cnc(Nc2ccc(OC)nc2)nc1Nc1cccc(NC(=O)C=C)c1. The standard InChI is InChI=1S/C20H17N7O2/c1-4-17(28)24-13-6-5-7-14(10-13)25-19-16(21-2)12-23-20(27-19)26-15-8-9-18(29-3)22-11-15/h4-12H,1H2,3H3,(H,24,28)(H2,23,25,26,27). The minimum atomic E-state index is -0.314. The fourth-order valence-corrected chi connectivity index (χ4v) is 2.32. The second kappa shape index (κ2) is 8.96. The van der Waals surface area contributed by atoms with Crippen molar-refractivity contribution < 1.29 is 9.53 Å². The Hall–Kier alpha value is -4.45. The number of rotatable bonds is 7. The number of methoxy groups -OCH3 is 1. The first kappa shape index (κ1) is 19.3. The van der Waals surface area contributed by atoms with Gasteiger partial charge in [-0.2, -0.15) is 0 Å². The van der Waals surface area contributed by atoms with Crippen molar-refractivity contribution in [3.8, 4) is 5.88 Å². The van der Waals surface area contributed by atoms with E-state index in [0.717, 1.165) is 0 Å². The largest absolute Gasteiger partial charge is 0.481 e. The van der Waals surface area contributed by atoms with E-state index >= 15 is 0 Å². The van der Waals surface area contributed by atoms with E-state index in [4.69, 9.17) is 11.3 Å². The Kier molecular flexibility index (Phi) is 5.97. The summed E-state index contributed by atoms with van der Waals surface area (Å²) in [4.78, 5) is 27.6. The second-order valence-electron chi connectivity index (χ2n) is 5.65. The molecule has 3 rings (SSSR count). The zero-order valence-electron chi connectivity index (χ0n) is 15.5. The van der Waals surface area contributed by atoms with Crippen LogP contribution in [0.25, 0.3) is 4.85 Å². The molecule has 144 valence electrons. The topological polar surface area (TPSA) is 105 Å². The van der Waals surface area contributed by atoms with Gasteiger partial charge in [0.25, 0.3) is 0 Å². The van der Waals surface area contributed by atoms with Gasteiger partial charge in [0.05, 0.1) is 25.6 Å². The molecule has 0 aliphatic heterocycles. The number of nitrogens with one attached hydrogen (secondary N) is 3. The lowest BCUT2D eigenvalue weighted by Crippen LogP contribution is -2.07. The lowest BCUT2D eigenvalue weighted by molar-refractivity contribution is -0.111. The Labute approximate surface area is 167 Å². The molecule has 0 unspecified atom stereocenters. The summed E-state index contributed by atoms with van der Waals surface area (Å²) in [6.07, 6.45) is 4.20. The minimum absolute atomic E-state index is 0.254. The monoisotopic (exact) mass is 387 g/mol. The predicted octanol–water partition coefficient (Wildman–Crippen LogP) is 4.04. The van der Waals surface area contributed by atoms with Crippen LogP contribution in [0.4, 0.5) is 34.5 Å². The van der Waals surface area contributed by atoms with Gasteiger partial charge in [0.1, 0.15) is 5.82 Å². The van der Waals surface area contributed by atoms with Gasteiger partial charge in [-0.1, -0.05) is 12.6 Å². The summed E-state index contributed by atoms with van der Waals surface area (Å²) >= 11 is 0. The average molecular weight is 387 g/mol. The van der Waals surface area contributed by atoms with E-state index < -0.39 is 0 Å². The van der Waals surface area contributed by atoms with Crippen molar-refractivity contribution in [2.45, 2.75) is 0 Å². The first-order valence-electron chi connectivity index (χ1n) is 8.43. The Morgan fingerprint density at radius 1 is 1.14 bits per heavy atom. The van der Waals surface area contributed by atoms with Gasteiger partial charge in [-0.3, -0.25) is 4.79 Å². The molecule has 0 aliphatic rings. The number of anilines is 5. The van der Waals surface area contributed by atoms with Crippen LogP contribution in [-0.2, 0) is 4.79 Å². The van der Waals surface area contributed by atoms with Gasteiger partial charge in [0.15, 0.2) is 0 Å². The lowest BCUT2D eigenvalue weighted by Gasteiger charge is -2.11. The highest BCUT2D eigenvalue weighted by Crippen LogP contribution is 2.28. The van der Waals surface area contributed by atoms with Gasteiger partial charge < -0.3 is 20.7 Å². The number of aromatic nitrogens is 3. The first-order chi connectivity index (χ1) is 14.1. The number of hydrogen-bond acceptors (Lipinski definition) is 7. The molecule has 1 aromatic carbocycles. The van der Waals surface area contributed by atoms with Gasteiger partial charge in [-0.15, -0.1) is 0 Å². The summed E-state index contributed by atoms with van der Waals surface area (Å²) in [7, 11) is 1.54. The fourth-order valence-electron chi connectivity index (χ4n) is 2.32. The number of nitrogens with zero attached hydrogens (tertiary/aromatic N) is 4. The quantitative estimate of drug-likeness (QED) is 0.415. The molecule has 3 N–H and O–H groups in total. The van der Waals surface area contributed by atoms with Gasteiger partial charge in [0.2, 0.25) is 23.4 Å². The maximum Gasteiger partial charge on any atom is 0.247 e. The van der Waals surface area contributed by atoms with Crippen molar-refractivity contribution in [2.24, 2.45) is 0 Å². The van der Waals surface area contributed by atoms with E-state index in [1.807, 2.05) is 0 Å². The molecule has 1 amide bonds. The van der Waals surface area contributed by atoms with E-state index in [2.05, 4.69) is 42.3 Å². The summed E-state index contributed by atoms with van der Waals surface area (Å²) in [6.45, 7) is 10.8. The maximum atomic E-state index is 11.5. The van der Waals surface area contributed by atoms with Crippen LogP contribution in [0.1, 0.15) is 0 Å². The van der Waals surface area contributed by atoms with Crippen LogP contribution < -0.4 is 20.7 Å². The molecule has 0 saturated carbocycles. The Morgan fingerprint density at radius 2 is 1.97 bits per heavy atom. The molecule has 0 spiro atoms. The Bertz CT molecular complexity index is 1070. The number of benzene rings is 1. The zero-order valence-corrected chi connectivity index (χ0v) is 15.5. The van der Waals surface area contributed by atoms with Crippen LogP contribution in [0, 0.1) is 6.57 Å². The van der Waals surface area contributed by atoms with Crippen LogP contribution in [0.3, 0.4) is 0 Å². The smallest absolute Gasteiger partial charge is 0.247 e. The molecule has 0 radical (unpaired) electrons. The Morgan fingerprint density at radius 3 is 2.66 bits per heavy atom. The zero-order chi connectivity index (χ0) is 20.6. The fraction of sp³-hybridized carbons (Fsp3) is 0.0500. The van der Waals surface area contributed by atoms with Gasteiger partial charge in [-0.25, -0.2) is 19.8 Å². The van der Waals surface area contributed by atoms with E-state index in [1.54, 1.807) is 42.6 Å². The van der Waals surface area contributed by atoms with Gasteiger partial charge in [-0.05, 0) is 30.3 Å². The highest BCUT2D eigenvalue weighted by atomic mass is 16.5.